The zero-order valence-electron chi connectivity index (χ0n) is 10.7. The monoisotopic (exact) mass is 239 g/mol. The van der Waals surface area contributed by atoms with E-state index in [1.807, 2.05) is 38.2 Å². The fourth-order valence-electron chi connectivity index (χ4n) is 1.45. The molecule has 96 valence electrons. The van der Waals surface area contributed by atoms with Crippen LogP contribution in [0.25, 0.3) is 0 Å². The lowest BCUT2D eigenvalue weighted by Crippen LogP contribution is -2.35. The van der Waals surface area contributed by atoms with Gasteiger partial charge in [0.05, 0.1) is 19.3 Å². The number of methoxy groups -OCH3 is 1. The third-order valence-corrected chi connectivity index (χ3v) is 2.37. The van der Waals surface area contributed by atoms with Crippen molar-refractivity contribution in [3.8, 4) is 11.5 Å². The van der Waals surface area contributed by atoms with Gasteiger partial charge in [-0.3, -0.25) is 0 Å². The molecular weight excluding hydrogens is 218 g/mol. The number of hydrogen-bond donors (Lipinski definition) is 1. The van der Waals surface area contributed by atoms with Crippen LogP contribution < -0.4 is 14.8 Å². The molecule has 0 aliphatic carbocycles. The molecule has 17 heavy (non-hydrogen) atoms. The Balaban J connectivity index is 2.55. The quantitative estimate of drug-likeness (QED) is 0.749. The summed E-state index contributed by atoms with van der Waals surface area (Å²) in [5.74, 6) is 1.55. The summed E-state index contributed by atoms with van der Waals surface area (Å²) in [7, 11) is 3.57. The Morgan fingerprint density at radius 3 is 2.29 bits per heavy atom. The summed E-state index contributed by atoms with van der Waals surface area (Å²) >= 11 is 0. The van der Waals surface area contributed by atoms with Crippen LogP contribution >= 0.6 is 0 Å². The van der Waals surface area contributed by atoms with E-state index in [9.17, 15) is 0 Å². The zero-order chi connectivity index (χ0) is 12.5. The van der Waals surface area contributed by atoms with Crippen LogP contribution in [-0.4, -0.2) is 40.0 Å². The van der Waals surface area contributed by atoms with E-state index in [0.717, 1.165) is 11.5 Å². The summed E-state index contributed by atoms with van der Waals surface area (Å²) in [6.07, 6.45) is 0. The molecule has 1 unspecified atom stereocenters. The molecule has 1 atom stereocenters. The van der Waals surface area contributed by atoms with E-state index >= 15 is 0 Å². The minimum Gasteiger partial charge on any atom is -0.490 e. The standard InChI is InChI=1S/C13H21NO3/c1-4-16-12-7-5-6-8-13(12)17-10-11(14-2)9-15-3/h5-8,11,14H,4,9-10H2,1-3H3. The minimum atomic E-state index is 0.176. The van der Waals surface area contributed by atoms with Gasteiger partial charge in [0.1, 0.15) is 6.61 Å². The molecule has 0 saturated heterocycles. The molecule has 1 N–H and O–H groups in total. The second-order valence-electron chi connectivity index (χ2n) is 3.63. The lowest BCUT2D eigenvalue weighted by molar-refractivity contribution is 0.138. The maximum Gasteiger partial charge on any atom is 0.161 e. The third-order valence-electron chi connectivity index (χ3n) is 2.37. The zero-order valence-corrected chi connectivity index (χ0v) is 10.7. The molecule has 0 aromatic heterocycles. The van der Waals surface area contributed by atoms with Gasteiger partial charge in [-0.1, -0.05) is 12.1 Å². The fraction of sp³-hybridized carbons (Fsp3) is 0.538. The van der Waals surface area contributed by atoms with E-state index in [0.29, 0.717) is 19.8 Å². The van der Waals surface area contributed by atoms with Crippen LogP contribution in [0.15, 0.2) is 24.3 Å². The molecule has 1 aromatic rings. The Kier molecular flexibility index (Phi) is 6.43. The molecule has 0 spiro atoms. The van der Waals surface area contributed by atoms with E-state index in [2.05, 4.69) is 5.32 Å². The van der Waals surface area contributed by atoms with E-state index in [-0.39, 0.29) is 6.04 Å². The molecule has 0 fully saturated rings. The van der Waals surface area contributed by atoms with Crippen LogP contribution in [-0.2, 0) is 4.74 Å². The van der Waals surface area contributed by atoms with Crippen LogP contribution in [0.4, 0.5) is 0 Å². The van der Waals surface area contributed by atoms with Gasteiger partial charge in [-0.2, -0.15) is 0 Å². The highest BCUT2D eigenvalue weighted by Crippen LogP contribution is 2.26. The highest BCUT2D eigenvalue weighted by atomic mass is 16.5. The highest BCUT2D eigenvalue weighted by molar-refractivity contribution is 5.39. The van der Waals surface area contributed by atoms with Crippen molar-refractivity contribution in [2.75, 3.05) is 34.0 Å². The summed E-state index contributed by atoms with van der Waals surface area (Å²) in [5.41, 5.74) is 0. The predicted molar refractivity (Wildman–Crippen MR) is 67.8 cm³/mol. The van der Waals surface area contributed by atoms with Crippen LogP contribution in [0.5, 0.6) is 11.5 Å². The van der Waals surface area contributed by atoms with Crippen LogP contribution in [0.1, 0.15) is 6.92 Å². The summed E-state index contributed by atoms with van der Waals surface area (Å²) < 4.78 is 16.3. The van der Waals surface area contributed by atoms with Gasteiger partial charge >= 0.3 is 0 Å². The van der Waals surface area contributed by atoms with Gasteiger partial charge in [0, 0.05) is 7.11 Å². The predicted octanol–water partition coefficient (Wildman–Crippen LogP) is 1.70. The van der Waals surface area contributed by atoms with E-state index in [4.69, 9.17) is 14.2 Å². The van der Waals surface area contributed by atoms with Gasteiger partial charge in [-0.25, -0.2) is 0 Å². The number of nitrogens with one attached hydrogen (secondary N) is 1. The Morgan fingerprint density at radius 2 is 1.76 bits per heavy atom. The first kappa shape index (κ1) is 13.8. The topological polar surface area (TPSA) is 39.7 Å². The summed E-state index contributed by atoms with van der Waals surface area (Å²) in [6, 6.07) is 7.86. The first-order valence-electron chi connectivity index (χ1n) is 5.82. The Hall–Kier alpha value is -1.26. The molecule has 0 amide bonds. The van der Waals surface area contributed by atoms with Crippen molar-refractivity contribution < 1.29 is 14.2 Å². The fourth-order valence-corrected chi connectivity index (χ4v) is 1.45. The molecule has 1 rings (SSSR count). The highest BCUT2D eigenvalue weighted by Gasteiger charge is 2.09. The van der Waals surface area contributed by atoms with Gasteiger partial charge in [-0.15, -0.1) is 0 Å². The van der Waals surface area contributed by atoms with Crippen molar-refractivity contribution in [3.63, 3.8) is 0 Å². The molecule has 0 aliphatic rings. The maximum absolute atomic E-state index is 5.73. The molecule has 1 aromatic carbocycles. The molecular formula is C13H21NO3. The molecule has 0 radical (unpaired) electrons. The SMILES string of the molecule is CCOc1ccccc1OCC(COC)NC. The molecule has 4 heteroatoms. The largest absolute Gasteiger partial charge is 0.490 e. The lowest BCUT2D eigenvalue weighted by atomic mass is 10.3. The normalized spacial score (nSPS) is 12.2. The molecule has 4 nitrogen and oxygen atoms in total. The van der Waals surface area contributed by atoms with Gasteiger partial charge < -0.3 is 19.5 Å². The van der Waals surface area contributed by atoms with E-state index in [1.165, 1.54) is 0 Å². The Bertz CT molecular complexity index is 317. The van der Waals surface area contributed by atoms with Crippen LogP contribution in [0.3, 0.4) is 0 Å². The minimum absolute atomic E-state index is 0.176. The van der Waals surface area contributed by atoms with Crippen molar-refractivity contribution >= 4 is 0 Å². The number of rotatable bonds is 8. The summed E-state index contributed by atoms with van der Waals surface area (Å²) in [4.78, 5) is 0. The van der Waals surface area contributed by atoms with E-state index < -0.39 is 0 Å². The van der Waals surface area contributed by atoms with Crippen molar-refractivity contribution in [1.82, 2.24) is 5.32 Å². The van der Waals surface area contributed by atoms with Gasteiger partial charge in [0.25, 0.3) is 0 Å². The van der Waals surface area contributed by atoms with Crippen molar-refractivity contribution in [2.45, 2.75) is 13.0 Å². The number of para-hydroxylation sites is 2. The molecule has 0 aliphatic heterocycles. The number of ether oxygens (including phenoxy) is 3. The summed E-state index contributed by atoms with van der Waals surface area (Å²) in [6.45, 7) is 3.76. The maximum atomic E-state index is 5.73. The summed E-state index contributed by atoms with van der Waals surface area (Å²) in [5, 5.41) is 3.13. The Morgan fingerprint density at radius 1 is 1.12 bits per heavy atom. The van der Waals surface area contributed by atoms with Crippen molar-refractivity contribution in [1.29, 1.82) is 0 Å². The Labute approximate surface area is 103 Å². The second-order valence-corrected chi connectivity index (χ2v) is 3.63. The van der Waals surface area contributed by atoms with Crippen molar-refractivity contribution in [2.24, 2.45) is 0 Å². The lowest BCUT2D eigenvalue weighted by Gasteiger charge is -2.17. The second kappa shape index (κ2) is 7.92. The van der Waals surface area contributed by atoms with Crippen molar-refractivity contribution in [3.05, 3.63) is 24.3 Å². The van der Waals surface area contributed by atoms with Crippen LogP contribution in [0.2, 0.25) is 0 Å². The average molecular weight is 239 g/mol. The van der Waals surface area contributed by atoms with Gasteiger partial charge in [0.2, 0.25) is 0 Å². The van der Waals surface area contributed by atoms with Crippen LogP contribution in [0, 0.1) is 0 Å². The van der Waals surface area contributed by atoms with Gasteiger partial charge in [0.15, 0.2) is 11.5 Å². The number of benzene rings is 1. The first-order valence-corrected chi connectivity index (χ1v) is 5.82. The van der Waals surface area contributed by atoms with Gasteiger partial charge in [-0.05, 0) is 26.1 Å². The third kappa shape index (κ3) is 4.63. The first-order chi connectivity index (χ1) is 8.31. The molecule has 0 bridgehead atoms. The number of likely N-dealkylation sites (N-methyl/N-ethyl adjacent to an activating group) is 1. The average Bonchev–Trinajstić information content (AvgIpc) is 2.36. The molecule has 0 saturated carbocycles. The molecule has 0 heterocycles. The smallest absolute Gasteiger partial charge is 0.161 e. The van der Waals surface area contributed by atoms with E-state index in [1.54, 1.807) is 7.11 Å². The number of hydrogen-bond acceptors (Lipinski definition) is 4.